The van der Waals surface area contributed by atoms with Crippen LogP contribution in [0.15, 0.2) is 60.8 Å². The van der Waals surface area contributed by atoms with Crippen molar-refractivity contribution in [3.63, 3.8) is 0 Å². The first-order valence-corrected chi connectivity index (χ1v) is 9.30. The summed E-state index contributed by atoms with van der Waals surface area (Å²) in [6.45, 7) is 14.0. The van der Waals surface area contributed by atoms with E-state index in [0.29, 0.717) is 0 Å². The van der Waals surface area contributed by atoms with Crippen LogP contribution in [-0.4, -0.2) is 10.5 Å². The van der Waals surface area contributed by atoms with Gasteiger partial charge in [0.2, 0.25) is 0 Å². The molecule has 0 spiro atoms. The molecule has 0 bridgehead atoms. The maximum atomic E-state index is 6.17. The first-order chi connectivity index (χ1) is 12.2. The lowest BCUT2D eigenvalue weighted by Gasteiger charge is -2.17. The summed E-state index contributed by atoms with van der Waals surface area (Å²) in [6, 6.07) is 15.1. The predicted molar refractivity (Wildman–Crippen MR) is 116 cm³/mol. The van der Waals surface area contributed by atoms with E-state index >= 15 is 0 Å². The van der Waals surface area contributed by atoms with Crippen LogP contribution in [0.1, 0.15) is 45.2 Å². The molecular weight excluding hydrogens is 316 g/mol. The Hall–Kier alpha value is -2.32. The Morgan fingerprint density at radius 2 is 1.73 bits per heavy atom. The minimum absolute atomic E-state index is 0.199. The Balaban J connectivity index is 0.000000431. The van der Waals surface area contributed by atoms with Crippen LogP contribution in [0.5, 0.6) is 0 Å². The molecular formula is C24H32N2. The fourth-order valence-corrected chi connectivity index (χ4v) is 2.82. The van der Waals surface area contributed by atoms with Crippen LogP contribution in [-0.2, 0) is 6.42 Å². The summed E-state index contributed by atoms with van der Waals surface area (Å²) in [5, 5.41) is 1.27. The van der Waals surface area contributed by atoms with Crippen LogP contribution < -0.4 is 5.73 Å². The molecule has 138 valence electrons. The zero-order chi connectivity index (χ0) is 19.3. The fraction of sp³-hybridized carbons (Fsp3) is 0.333. The van der Waals surface area contributed by atoms with E-state index in [0.717, 1.165) is 12.8 Å². The third-order valence-electron chi connectivity index (χ3n) is 4.41. The standard InChI is InChI=1S/C19H22N2.C5H10/c1-13-7-9-14(10-8-13)16-5-4-6-17-15(11-19(2,3)20)12-21-18(16)17;1-4-5(2)3/h4-10,12,21H,11,20H2,1-3H3;2,4H2,1,3H3. The molecule has 1 aromatic heterocycles. The van der Waals surface area contributed by atoms with Gasteiger partial charge in [0.05, 0.1) is 5.52 Å². The molecule has 0 aliphatic rings. The number of allylic oxidation sites excluding steroid dienone is 1. The van der Waals surface area contributed by atoms with Crippen molar-refractivity contribution >= 4 is 10.9 Å². The van der Waals surface area contributed by atoms with Crippen molar-refractivity contribution in [3.8, 4) is 11.1 Å². The smallest absolute Gasteiger partial charge is 0.0536 e. The van der Waals surface area contributed by atoms with Gasteiger partial charge in [-0.25, -0.2) is 0 Å². The molecule has 0 amide bonds. The minimum Gasteiger partial charge on any atom is -0.360 e. The summed E-state index contributed by atoms with van der Waals surface area (Å²) in [6.07, 6.45) is 4.07. The Morgan fingerprint density at radius 1 is 1.12 bits per heavy atom. The Bertz CT molecular complexity index is 861. The molecule has 0 unspecified atom stereocenters. The highest BCUT2D eigenvalue weighted by Gasteiger charge is 2.16. The van der Waals surface area contributed by atoms with Gasteiger partial charge in [0.15, 0.2) is 0 Å². The van der Waals surface area contributed by atoms with Crippen molar-refractivity contribution in [3.05, 3.63) is 71.9 Å². The maximum absolute atomic E-state index is 6.17. The molecule has 1 heterocycles. The number of nitrogens with two attached hydrogens (primary N) is 1. The van der Waals surface area contributed by atoms with Gasteiger partial charge in [-0.15, -0.1) is 6.58 Å². The van der Waals surface area contributed by atoms with Crippen LogP contribution in [0, 0.1) is 6.92 Å². The number of rotatable bonds is 4. The molecule has 2 aromatic carbocycles. The van der Waals surface area contributed by atoms with Crippen molar-refractivity contribution in [2.75, 3.05) is 0 Å². The number of para-hydroxylation sites is 1. The molecule has 0 saturated heterocycles. The average molecular weight is 349 g/mol. The summed E-state index contributed by atoms with van der Waals surface area (Å²) in [4.78, 5) is 3.44. The number of fused-ring (bicyclic) bond motifs is 1. The molecule has 3 aromatic rings. The number of nitrogens with one attached hydrogen (secondary N) is 1. The Kier molecular flexibility index (Phi) is 6.44. The molecule has 0 atom stereocenters. The monoisotopic (exact) mass is 348 g/mol. The van der Waals surface area contributed by atoms with Gasteiger partial charge in [0.1, 0.15) is 0 Å². The van der Waals surface area contributed by atoms with E-state index in [2.05, 4.69) is 87.9 Å². The Morgan fingerprint density at radius 3 is 2.27 bits per heavy atom. The van der Waals surface area contributed by atoms with Gasteiger partial charge < -0.3 is 10.7 Å². The van der Waals surface area contributed by atoms with Crippen LogP contribution in [0.2, 0.25) is 0 Å². The van der Waals surface area contributed by atoms with Crippen molar-refractivity contribution in [1.82, 2.24) is 4.98 Å². The molecule has 0 aliphatic heterocycles. The molecule has 3 rings (SSSR count). The number of aryl methyl sites for hydroxylation is 1. The van der Waals surface area contributed by atoms with Gasteiger partial charge in [-0.05, 0) is 51.7 Å². The van der Waals surface area contributed by atoms with E-state index < -0.39 is 0 Å². The summed E-state index contributed by atoms with van der Waals surface area (Å²) in [5.41, 5.74) is 13.5. The number of benzene rings is 2. The normalized spacial score (nSPS) is 11.2. The maximum Gasteiger partial charge on any atom is 0.0536 e. The van der Waals surface area contributed by atoms with E-state index in [9.17, 15) is 0 Å². The van der Waals surface area contributed by atoms with Crippen LogP contribution in [0.4, 0.5) is 0 Å². The van der Waals surface area contributed by atoms with E-state index in [1.54, 1.807) is 0 Å². The molecule has 0 saturated carbocycles. The van der Waals surface area contributed by atoms with Crippen molar-refractivity contribution in [2.45, 2.75) is 53.0 Å². The Labute approximate surface area is 158 Å². The lowest BCUT2D eigenvalue weighted by molar-refractivity contribution is 0.518. The summed E-state index contributed by atoms with van der Waals surface area (Å²) < 4.78 is 0. The fourth-order valence-electron chi connectivity index (χ4n) is 2.82. The van der Waals surface area contributed by atoms with E-state index in [1.165, 1.54) is 38.7 Å². The number of hydrogen-bond acceptors (Lipinski definition) is 1. The SMILES string of the molecule is C=C(C)CC.Cc1ccc(-c2cccc3c(CC(C)(C)N)c[nH]c23)cc1. The highest BCUT2D eigenvalue weighted by molar-refractivity contribution is 5.96. The third kappa shape index (κ3) is 5.34. The molecule has 3 N–H and O–H groups in total. The minimum atomic E-state index is -0.199. The summed E-state index contributed by atoms with van der Waals surface area (Å²) in [5.74, 6) is 0. The third-order valence-corrected chi connectivity index (χ3v) is 4.41. The van der Waals surface area contributed by atoms with E-state index in [1.807, 2.05) is 6.92 Å². The molecule has 26 heavy (non-hydrogen) atoms. The van der Waals surface area contributed by atoms with Crippen LogP contribution in [0.3, 0.4) is 0 Å². The first-order valence-electron chi connectivity index (χ1n) is 9.30. The van der Waals surface area contributed by atoms with Gasteiger partial charge >= 0.3 is 0 Å². The predicted octanol–water partition coefficient (Wildman–Crippen LogP) is 6.40. The number of H-pyrrole nitrogens is 1. The van der Waals surface area contributed by atoms with Crippen molar-refractivity contribution in [1.29, 1.82) is 0 Å². The van der Waals surface area contributed by atoms with Crippen LogP contribution >= 0.6 is 0 Å². The molecule has 2 nitrogen and oxygen atoms in total. The zero-order valence-electron chi connectivity index (χ0n) is 16.8. The highest BCUT2D eigenvalue weighted by Crippen LogP contribution is 2.31. The zero-order valence-corrected chi connectivity index (χ0v) is 16.8. The molecule has 0 radical (unpaired) electrons. The van der Waals surface area contributed by atoms with Gasteiger partial charge in [0.25, 0.3) is 0 Å². The molecule has 0 fully saturated rings. The van der Waals surface area contributed by atoms with Crippen molar-refractivity contribution < 1.29 is 0 Å². The second-order valence-corrected chi connectivity index (χ2v) is 7.88. The molecule has 0 aliphatic carbocycles. The van der Waals surface area contributed by atoms with Crippen LogP contribution in [0.25, 0.3) is 22.0 Å². The second kappa shape index (κ2) is 8.37. The van der Waals surface area contributed by atoms with Gasteiger partial charge in [0, 0.05) is 22.7 Å². The first kappa shape index (κ1) is 20.0. The number of hydrogen-bond donors (Lipinski definition) is 2. The second-order valence-electron chi connectivity index (χ2n) is 7.88. The summed E-state index contributed by atoms with van der Waals surface area (Å²) >= 11 is 0. The lowest BCUT2D eigenvalue weighted by atomic mass is 9.94. The number of aromatic amines is 1. The topological polar surface area (TPSA) is 41.8 Å². The lowest BCUT2D eigenvalue weighted by Crippen LogP contribution is -2.34. The number of aromatic nitrogens is 1. The van der Waals surface area contributed by atoms with Gasteiger partial charge in [-0.3, -0.25) is 0 Å². The van der Waals surface area contributed by atoms with E-state index in [-0.39, 0.29) is 5.54 Å². The molecule has 2 heteroatoms. The highest BCUT2D eigenvalue weighted by atomic mass is 14.7. The quantitative estimate of drug-likeness (QED) is 0.527. The van der Waals surface area contributed by atoms with Gasteiger partial charge in [-0.2, -0.15) is 0 Å². The summed E-state index contributed by atoms with van der Waals surface area (Å²) in [7, 11) is 0. The average Bonchev–Trinajstić information content (AvgIpc) is 2.97. The largest absolute Gasteiger partial charge is 0.360 e. The van der Waals surface area contributed by atoms with E-state index in [4.69, 9.17) is 5.73 Å². The van der Waals surface area contributed by atoms with Crippen molar-refractivity contribution in [2.24, 2.45) is 5.73 Å². The van der Waals surface area contributed by atoms with Gasteiger partial charge in [-0.1, -0.05) is 60.5 Å².